The molecule has 0 unspecified atom stereocenters. The van der Waals surface area contributed by atoms with E-state index in [1.54, 1.807) is 12.4 Å². The van der Waals surface area contributed by atoms with Crippen LogP contribution in [0, 0.1) is 0 Å². The number of carboxylic acids is 1. The van der Waals surface area contributed by atoms with Gasteiger partial charge >= 0.3 is 11.9 Å². The molecular weight excluding hydrogens is 897 g/mol. The highest BCUT2D eigenvalue weighted by Crippen LogP contribution is 2.51. The Morgan fingerprint density at radius 2 is 0.972 bits per heavy atom. The largest absolute Gasteiger partial charge is 0.489 e. The van der Waals surface area contributed by atoms with Crippen molar-refractivity contribution in [1.29, 1.82) is 0 Å². The Labute approximate surface area is 429 Å². The van der Waals surface area contributed by atoms with E-state index in [9.17, 15) is 14.7 Å². The molecular formula is C62H80N4O6. The van der Waals surface area contributed by atoms with Crippen molar-refractivity contribution in [1.82, 2.24) is 19.1 Å². The summed E-state index contributed by atoms with van der Waals surface area (Å²) >= 11 is 0. The smallest absolute Gasteiger partial charge is 0.306 e. The first kappa shape index (κ1) is 53.6. The molecule has 10 nitrogen and oxygen atoms in total. The SMILES string of the molecule is CCC1(CC)CCC(C)(C)c2ccc(COc3ccc([C@H](CC(=O)O)c4nccn4C)cc3)cc21.CCOC(=O)C[C@@H](c1ccc(OCc2ccc3c(c2)C(CC)(CC)CCC3(C)C)cc1)c1nccn1C. The van der Waals surface area contributed by atoms with Gasteiger partial charge < -0.3 is 28.5 Å². The second kappa shape index (κ2) is 22.7. The summed E-state index contributed by atoms with van der Waals surface area (Å²) in [5.74, 6) is 1.63. The molecule has 2 heterocycles. The molecule has 0 radical (unpaired) electrons. The van der Waals surface area contributed by atoms with Crippen LogP contribution in [0.25, 0.3) is 0 Å². The number of aliphatic carboxylic acids is 1. The second-order valence-corrected chi connectivity index (χ2v) is 21.7. The highest BCUT2D eigenvalue weighted by molar-refractivity contribution is 5.71. The zero-order valence-corrected chi connectivity index (χ0v) is 45.0. The third-order valence-corrected chi connectivity index (χ3v) is 16.7. The highest BCUT2D eigenvalue weighted by atomic mass is 16.5. The molecule has 0 amide bonds. The van der Waals surface area contributed by atoms with E-state index in [2.05, 4.69) is 102 Å². The molecule has 0 fully saturated rings. The van der Waals surface area contributed by atoms with Crippen molar-refractivity contribution in [3.63, 3.8) is 0 Å². The number of imidazole rings is 2. The van der Waals surface area contributed by atoms with Crippen molar-refractivity contribution in [2.75, 3.05) is 6.61 Å². The minimum Gasteiger partial charge on any atom is -0.489 e. The van der Waals surface area contributed by atoms with Crippen molar-refractivity contribution in [2.24, 2.45) is 14.1 Å². The number of ether oxygens (including phenoxy) is 3. The Morgan fingerprint density at radius 1 is 0.569 bits per heavy atom. The van der Waals surface area contributed by atoms with Crippen LogP contribution in [-0.2, 0) is 63.3 Å². The maximum absolute atomic E-state index is 12.3. The lowest BCUT2D eigenvalue weighted by molar-refractivity contribution is -0.143. The molecule has 4 aromatic carbocycles. The van der Waals surface area contributed by atoms with Crippen molar-refractivity contribution < 1.29 is 28.9 Å². The summed E-state index contributed by atoms with van der Waals surface area (Å²) < 4.78 is 21.4. The first-order valence-electron chi connectivity index (χ1n) is 26.5. The van der Waals surface area contributed by atoms with Crippen molar-refractivity contribution >= 4 is 11.9 Å². The third kappa shape index (κ3) is 11.7. The standard InChI is InChI=1S/C32H42N2O3.C30H38N2O3/c1-7-32(8-2)17-16-31(4,5)27-15-10-23(20-28(27)32)22-37-25-13-11-24(12-14-25)26(21-29(35)36-9-3)30-33-18-19-34(30)6;1-6-30(7-2)15-14-29(3,4)25-13-8-21(18-26(25)30)20-35-23-11-9-22(10-12-23)24(19-27(33)34)28-31-16-17-32(28)5/h10-15,18-20,26H,7-9,16-17,21-22H2,1-6H3;8-13,16-18,24H,6-7,14-15,19-20H2,1-5H3,(H,33,34)/t26-;24-/m00/s1. The van der Waals surface area contributed by atoms with Gasteiger partial charge in [0.15, 0.2) is 0 Å². The molecule has 2 aliphatic rings. The first-order valence-corrected chi connectivity index (χ1v) is 26.5. The van der Waals surface area contributed by atoms with E-state index in [1.165, 1.54) is 71.9 Å². The van der Waals surface area contributed by atoms with Crippen LogP contribution in [0.3, 0.4) is 0 Å². The number of aryl methyl sites for hydroxylation is 2. The molecule has 2 aliphatic carbocycles. The maximum atomic E-state index is 12.3. The van der Waals surface area contributed by atoms with E-state index < -0.39 is 5.97 Å². The van der Waals surface area contributed by atoms with Gasteiger partial charge in [-0.1, -0.05) is 116 Å². The van der Waals surface area contributed by atoms with Crippen LogP contribution < -0.4 is 9.47 Å². The molecule has 0 bridgehead atoms. The molecule has 0 aliphatic heterocycles. The number of esters is 1. The number of carbonyl (C=O) groups excluding carboxylic acids is 1. The number of carboxylic acid groups (broad SMARTS) is 1. The summed E-state index contributed by atoms with van der Waals surface area (Å²) in [7, 11) is 3.84. The van der Waals surface area contributed by atoms with Gasteiger partial charge in [0.1, 0.15) is 36.4 Å². The molecule has 1 N–H and O–H groups in total. The number of aromatic nitrogens is 4. The van der Waals surface area contributed by atoms with Gasteiger partial charge in [0.2, 0.25) is 0 Å². The quantitative estimate of drug-likeness (QED) is 0.0798. The molecule has 10 heteroatoms. The summed E-state index contributed by atoms with van der Waals surface area (Å²) in [5.41, 5.74) is 11.3. The van der Waals surface area contributed by atoms with Gasteiger partial charge in [-0.15, -0.1) is 0 Å². The van der Waals surface area contributed by atoms with Crippen LogP contribution in [0.5, 0.6) is 11.5 Å². The van der Waals surface area contributed by atoms with Crippen LogP contribution >= 0.6 is 0 Å². The maximum Gasteiger partial charge on any atom is 0.306 e. The average molecular weight is 977 g/mol. The zero-order chi connectivity index (χ0) is 51.8. The molecule has 384 valence electrons. The number of nitrogens with zero attached hydrogens (tertiary/aromatic N) is 4. The number of hydrogen-bond donors (Lipinski definition) is 1. The fourth-order valence-electron chi connectivity index (χ4n) is 11.7. The van der Waals surface area contributed by atoms with Gasteiger partial charge in [0, 0.05) is 38.9 Å². The molecule has 72 heavy (non-hydrogen) atoms. The fraction of sp³-hybridized carbons (Fsp3) is 0.484. The Morgan fingerprint density at radius 3 is 1.32 bits per heavy atom. The van der Waals surface area contributed by atoms with Crippen LogP contribution in [0.4, 0.5) is 0 Å². The lowest BCUT2D eigenvalue weighted by atomic mass is 9.59. The minimum absolute atomic E-state index is 0.00681. The molecule has 8 rings (SSSR count). The van der Waals surface area contributed by atoms with Crippen LogP contribution in [0.2, 0.25) is 0 Å². The highest BCUT2D eigenvalue weighted by Gasteiger charge is 2.42. The molecule has 2 aromatic heterocycles. The van der Waals surface area contributed by atoms with E-state index >= 15 is 0 Å². The Kier molecular flexibility index (Phi) is 16.9. The summed E-state index contributed by atoms with van der Waals surface area (Å²) in [6.45, 7) is 22.0. The van der Waals surface area contributed by atoms with Gasteiger partial charge in [0.25, 0.3) is 0 Å². The molecule has 0 spiro atoms. The topological polar surface area (TPSA) is 118 Å². The summed E-state index contributed by atoms with van der Waals surface area (Å²) in [5, 5.41) is 9.43. The predicted molar refractivity (Wildman–Crippen MR) is 287 cm³/mol. The average Bonchev–Trinajstić information content (AvgIpc) is 4.01. The summed E-state index contributed by atoms with van der Waals surface area (Å²) in [4.78, 5) is 32.7. The third-order valence-electron chi connectivity index (χ3n) is 16.7. The van der Waals surface area contributed by atoms with Crippen LogP contribution in [-0.4, -0.2) is 42.8 Å². The number of fused-ring (bicyclic) bond motifs is 2. The summed E-state index contributed by atoms with van der Waals surface area (Å²) in [6.07, 6.45) is 17.0. The Bertz CT molecular complexity index is 2760. The van der Waals surface area contributed by atoms with Gasteiger partial charge in [-0.05, 0) is 149 Å². The van der Waals surface area contributed by atoms with E-state index in [0.717, 1.165) is 47.1 Å². The van der Waals surface area contributed by atoms with Gasteiger partial charge in [-0.25, -0.2) is 9.97 Å². The lowest BCUT2D eigenvalue weighted by Crippen LogP contribution is -2.37. The number of benzene rings is 4. The van der Waals surface area contributed by atoms with Crippen LogP contribution in [0.15, 0.2) is 110 Å². The van der Waals surface area contributed by atoms with Crippen molar-refractivity contribution in [2.45, 2.75) is 173 Å². The number of hydrogen-bond acceptors (Lipinski definition) is 7. The van der Waals surface area contributed by atoms with E-state index in [-0.39, 0.29) is 52.3 Å². The fourth-order valence-corrected chi connectivity index (χ4v) is 11.7. The minimum atomic E-state index is -0.843. The molecule has 0 saturated heterocycles. The lowest BCUT2D eigenvalue weighted by Gasteiger charge is -2.45. The van der Waals surface area contributed by atoms with Gasteiger partial charge in [-0.2, -0.15) is 0 Å². The Hall–Kier alpha value is -6.16. The molecule has 0 saturated carbocycles. The Balaban J connectivity index is 0.000000212. The predicted octanol–water partition coefficient (Wildman–Crippen LogP) is 13.9. The summed E-state index contributed by atoms with van der Waals surface area (Å²) in [6, 6.07) is 29.7. The first-order chi connectivity index (χ1) is 34.4. The van der Waals surface area contributed by atoms with E-state index in [1.807, 2.05) is 91.1 Å². The molecule has 6 aromatic rings. The van der Waals surface area contributed by atoms with E-state index in [4.69, 9.17) is 14.2 Å². The molecule has 2 atom stereocenters. The zero-order valence-electron chi connectivity index (χ0n) is 45.0. The van der Waals surface area contributed by atoms with Gasteiger partial charge in [0.05, 0.1) is 31.3 Å². The van der Waals surface area contributed by atoms with E-state index in [0.29, 0.717) is 19.8 Å². The second-order valence-electron chi connectivity index (χ2n) is 21.7. The van der Waals surface area contributed by atoms with Crippen LogP contribution in [0.1, 0.15) is 195 Å². The number of carbonyl (C=O) groups is 2. The normalized spacial score (nSPS) is 16.8. The monoisotopic (exact) mass is 977 g/mol. The number of rotatable bonds is 19. The van der Waals surface area contributed by atoms with Crippen molar-refractivity contribution in [3.8, 4) is 11.5 Å². The van der Waals surface area contributed by atoms with Gasteiger partial charge in [-0.3, -0.25) is 9.59 Å². The van der Waals surface area contributed by atoms with Crippen molar-refractivity contribution in [3.05, 3.63) is 166 Å².